The Balaban J connectivity index is 2.22. The number of rotatable bonds is 3. The van der Waals surface area contributed by atoms with Crippen molar-refractivity contribution in [3.8, 4) is 0 Å². The van der Waals surface area contributed by atoms with Crippen molar-refractivity contribution in [3.05, 3.63) is 12.7 Å². The van der Waals surface area contributed by atoms with Crippen LogP contribution in [0.2, 0.25) is 0 Å². The van der Waals surface area contributed by atoms with Gasteiger partial charge in [0.2, 0.25) is 0 Å². The minimum Gasteiger partial charge on any atom is -0.430 e. The molecule has 0 aromatic heterocycles. The van der Waals surface area contributed by atoms with E-state index in [-0.39, 0.29) is 12.7 Å². The van der Waals surface area contributed by atoms with Gasteiger partial charge in [-0.05, 0) is 0 Å². The van der Waals surface area contributed by atoms with Gasteiger partial charge in [-0.15, -0.1) is 0 Å². The number of hydrogen-bond donors (Lipinski definition) is 1. The van der Waals surface area contributed by atoms with Gasteiger partial charge in [-0.1, -0.05) is 12.7 Å². The first-order valence-corrected chi connectivity index (χ1v) is 3.98. The lowest BCUT2D eigenvalue weighted by molar-refractivity contribution is 0.0496. The number of carbonyl (C=O) groups is 1. The SMILES string of the molecule is C=CCOC(=O)OC1C=NCNC1. The third-order valence-electron chi connectivity index (χ3n) is 1.39. The molecule has 5 nitrogen and oxygen atoms in total. The Morgan fingerprint density at radius 1 is 1.85 bits per heavy atom. The first kappa shape index (κ1) is 9.73. The van der Waals surface area contributed by atoms with Crippen LogP contribution in [-0.2, 0) is 9.47 Å². The average molecular weight is 184 g/mol. The fourth-order valence-corrected chi connectivity index (χ4v) is 0.851. The van der Waals surface area contributed by atoms with Crippen LogP contribution in [-0.4, -0.2) is 38.3 Å². The Kier molecular flexibility index (Phi) is 3.98. The number of nitrogens with one attached hydrogen (secondary N) is 1. The maximum Gasteiger partial charge on any atom is 0.509 e. The summed E-state index contributed by atoms with van der Waals surface area (Å²) < 4.78 is 9.50. The zero-order valence-electron chi connectivity index (χ0n) is 7.23. The van der Waals surface area contributed by atoms with Crippen LogP contribution in [0.25, 0.3) is 0 Å². The summed E-state index contributed by atoms with van der Waals surface area (Å²) >= 11 is 0. The van der Waals surface area contributed by atoms with E-state index in [1.807, 2.05) is 0 Å². The van der Waals surface area contributed by atoms with Crippen molar-refractivity contribution in [1.82, 2.24) is 5.32 Å². The van der Waals surface area contributed by atoms with Gasteiger partial charge in [0.25, 0.3) is 0 Å². The van der Waals surface area contributed by atoms with Crippen molar-refractivity contribution in [2.75, 3.05) is 19.8 Å². The van der Waals surface area contributed by atoms with Crippen LogP contribution in [0.1, 0.15) is 0 Å². The number of ether oxygens (including phenoxy) is 2. The molecule has 1 rings (SSSR count). The van der Waals surface area contributed by atoms with E-state index in [4.69, 9.17) is 4.74 Å². The van der Waals surface area contributed by atoms with Gasteiger partial charge >= 0.3 is 6.16 Å². The van der Waals surface area contributed by atoms with Crippen molar-refractivity contribution in [2.24, 2.45) is 4.99 Å². The molecule has 0 aromatic carbocycles. The highest BCUT2D eigenvalue weighted by Gasteiger charge is 2.14. The molecule has 0 saturated carbocycles. The van der Waals surface area contributed by atoms with Crippen molar-refractivity contribution in [1.29, 1.82) is 0 Å². The van der Waals surface area contributed by atoms with E-state index < -0.39 is 6.16 Å². The summed E-state index contributed by atoms with van der Waals surface area (Å²) in [4.78, 5) is 14.8. The molecule has 0 bridgehead atoms. The third kappa shape index (κ3) is 3.71. The van der Waals surface area contributed by atoms with E-state index in [1.165, 1.54) is 6.08 Å². The van der Waals surface area contributed by atoms with Gasteiger partial charge in [0.15, 0.2) is 6.10 Å². The van der Waals surface area contributed by atoms with Crippen molar-refractivity contribution in [2.45, 2.75) is 6.10 Å². The fraction of sp³-hybridized carbons (Fsp3) is 0.500. The zero-order valence-corrected chi connectivity index (χ0v) is 7.23. The predicted octanol–water partition coefficient (Wildman–Crippen LogP) is 0.326. The van der Waals surface area contributed by atoms with Gasteiger partial charge in [0.1, 0.15) is 6.61 Å². The second-order valence-corrected chi connectivity index (χ2v) is 2.45. The minimum atomic E-state index is -0.694. The Morgan fingerprint density at radius 3 is 3.31 bits per heavy atom. The van der Waals surface area contributed by atoms with Crippen LogP contribution < -0.4 is 5.32 Å². The van der Waals surface area contributed by atoms with Crippen LogP contribution in [0.5, 0.6) is 0 Å². The molecule has 1 aliphatic rings. The number of aliphatic imine (C=N–C) groups is 1. The lowest BCUT2D eigenvalue weighted by atomic mass is 10.3. The van der Waals surface area contributed by atoms with Crippen molar-refractivity contribution in [3.63, 3.8) is 0 Å². The Labute approximate surface area is 76.4 Å². The van der Waals surface area contributed by atoms with Gasteiger partial charge in [-0.3, -0.25) is 10.3 Å². The smallest absolute Gasteiger partial charge is 0.430 e. The van der Waals surface area contributed by atoms with E-state index in [2.05, 4.69) is 21.6 Å². The zero-order chi connectivity index (χ0) is 9.52. The van der Waals surface area contributed by atoms with Gasteiger partial charge in [0.05, 0.1) is 6.67 Å². The van der Waals surface area contributed by atoms with Gasteiger partial charge in [-0.2, -0.15) is 0 Å². The summed E-state index contributed by atoms with van der Waals surface area (Å²) in [6, 6.07) is 0. The predicted molar refractivity (Wildman–Crippen MR) is 47.8 cm³/mol. The Bertz CT molecular complexity index is 215. The molecule has 1 aliphatic heterocycles. The standard InChI is InChI=1S/C8H12N2O3/c1-2-3-12-8(11)13-7-4-9-6-10-5-7/h2,4,7,10H,1,3,5-6H2. The molecule has 1 heterocycles. The van der Waals surface area contributed by atoms with Crippen LogP contribution in [0.4, 0.5) is 4.79 Å². The molecule has 1 N–H and O–H groups in total. The molecule has 0 amide bonds. The summed E-state index contributed by atoms with van der Waals surface area (Å²) in [5.41, 5.74) is 0. The van der Waals surface area contributed by atoms with E-state index in [9.17, 15) is 4.79 Å². The van der Waals surface area contributed by atoms with E-state index >= 15 is 0 Å². The first-order valence-electron chi connectivity index (χ1n) is 3.98. The second-order valence-electron chi connectivity index (χ2n) is 2.45. The lowest BCUT2D eigenvalue weighted by Gasteiger charge is -2.16. The number of nitrogens with zero attached hydrogens (tertiary/aromatic N) is 1. The van der Waals surface area contributed by atoms with Crippen molar-refractivity contribution >= 4 is 12.4 Å². The normalized spacial score (nSPS) is 20.8. The van der Waals surface area contributed by atoms with Crippen LogP contribution in [0.15, 0.2) is 17.6 Å². The molecular weight excluding hydrogens is 172 g/mol. The van der Waals surface area contributed by atoms with E-state index in [1.54, 1.807) is 6.21 Å². The molecular formula is C8H12N2O3. The average Bonchev–Trinajstić information content (AvgIpc) is 2.16. The minimum absolute atomic E-state index is 0.163. The molecule has 72 valence electrons. The highest BCUT2D eigenvalue weighted by molar-refractivity contribution is 5.69. The maximum absolute atomic E-state index is 10.9. The van der Waals surface area contributed by atoms with Gasteiger partial charge in [0, 0.05) is 12.8 Å². The van der Waals surface area contributed by atoms with E-state index in [0.717, 1.165) is 0 Å². The summed E-state index contributed by atoms with van der Waals surface area (Å²) in [5, 5.41) is 2.95. The summed E-state index contributed by atoms with van der Waals surface area (Å²) in [5.74, 6) is 0. The molecule has 0 radical (unpaired) electrons. The summed E-state index contributed by atoms with van der Waals surface area (Å²) in [7, 11) is 0. The molecule has 0 aromatic rings. The Hall–Kier alpha value is -1.36. The molecule has 0 spiro atoms. The molecule has 0 fully saturated rings. The number of hydrogen-bond acceptors (Lipinski definition) is 5. The Morgan fingerprint density at radius 2 is 2.69 bits per heavy atom. The highest BCUT2D eigenvalue weighted by atomic mass is 16.7. The molecule has 1 unspecified atom stereocenters. The van der Waals surface area contributed by atoms with Crippen LogP contribution in [0.3, 0.4) is 0 Å². The maximum atomic E-state index is 10.9. The van der Waals surface area contributed by atoms with Crippen LogP contribution in [0, 0.1) is 0 Å². The quantitative estimate of drug-likeness (QED) is 0.507. The topological polar surface area (TPSA) is 59.9 Å². The number of carbonyl (C=O) groups excluding carboxylic acids is 1. The lowest BCUT2D eigenvalue weighted by Crippen LogP contribution is -2.36. The highest BCUT2D eigenvalue weighted by Crippen LogP contribution is 1.95. The van der Waals surface area contributed by atoms with Crippen LogP contribution >= 0.6 is 0 Å². The third-order valence-corrected chi connectivity index (χ3v) is 1.39. The van der Waals surface area contributed by atoms with E-state index in [0.29, 0.717) is 13.2 Å². The molecule has 13 heavy (non-hydrogen) atoms. The first-order chi connectivity index (χ1) is 6.33. The summed E-state index contributed by atoms with van der Waals surface area (Å²) in [6.07, 6.45) is 2.05. The van der Waals surface area contributed by atoms with Gasteiger partial charge < -0.3 is 9.47 Å². The second kappa shape index (κ2) is 5.31. The van der Waals surface area contributed by atoms with Gasteiger partial charge in [-0.25, -0.2) is 4.79 Å². The molecule has 1 atom stereocenters. The van der Waals surface area contributed by atoms with Crippen molar-refractivity contribution < 1.29 is 14.3 Å². The largest absolute Gasteiger partial charge is 0.509 e. The summed E-state index contributed by atoms with van der Waals surface area (Å²) in [6.45, 7) is 4.72. The monoisotopic (exact) mass is 184 g/mol. The molecule has 5 heteroatoms. The fourth-order valence-electron chi connectivity index (χ4n) is 0.851. The molecule has 0 aliphatic carbocycles. The molecule has 0 saturated heterocycles.